The quantitative estimate of drug-likeness (QED) is 0.174. The third-order valence-corrected chi connectivity index (χ3v) is 6.17. The van der Waals surface area contributed by atoms with Gasteiger partial charge in [-0.15, -0.1) is 0 Å². The number of nitrogens with one attached hydrogen (secondary N) is 1. The SMILES string of the molecule is Cc1cc(F)ccc1C(CNN)C(F)(F)c1ccc(C#Cc2ccc(OCc3ccc(C#N)cc3)cc2)cn1. The number of benzene rings is 3. The first-order valence-corrected chi connectivity index (χ1v) is 12.1. The summed E-state index contributed by atoms with van der Waals surface area (Å²) in [5.74, 6) is 6.77. The van der Waals surface area contributed by atoms with Crippen LogP contribution in [-0.4, -0.2) is 11.5 Å². The number of hydrazine groups is 1. The van der Waals surface area contributed by atoms with Crippen molar-refractivity contribution < 1.29 is 17.9 Å². The lowest BCUT2D eigenvalue weighted by atomic mass is 9.87. The highest BCUT2D eigenvalue weighted by atomic mass is 19.3. The van der Waals surface area contributed by atoms with Crippen LogP contribution >= 0.6 is 0 Å². The van der Waals surface area contributed by atoms with Gasteiger partial charge in [0.05, 0.1) is 17.6 Å². The number of pyridine rings is 1. The van der Waals surface area contributed by atoms with Gasteiger partial charge in [-0.1, -0.05) is 30.0 Å². The van der Waals surface area contributed by atoms with E-state index in [1.165, 1.54) is 30.5 Å². The number of nitriles is 1. The largest absolute Gasteiger partial charge is 0.489 e. The van der Waals surface area contributed by atoms with Crippen molar-refractivity contribution in [2.75, 3.05) is 6.54 Å². The molecule has 5 nitrogen and oxygen atoms in total. The van der Waals surface area contributed by atoms with Crippen LogP contribution in [0.4, 0.5) is 13.2 Å². The van der Waals surface area contributed by atoms with Crippen LogP contribution in [0, 0.1) is 35.9 Å². The van der Waals surface area contributed by atoms with E-state index in [1.807, 2.05) is 12.1 Å². The summed E-state index contributed by atoms with van der Waals surface area (Å²) >= 11 is 0. The minimum atomic E-state index is -3.37. The Kier molecular flexibility index (Phi) is 8.63. The maximum Gasteiger partial charge on any atom is 0.297 e. The van der Waals surface area contributed by atoms with Crippen LogP contribution in [0.2, 0.25) is 0 Å². The van der Waals surface area contributed by atoms with Gasteiger partial charge in [0.1, 0.15) is 23.9 Å². The molecule has 0 fully saturated rings. The van der Waals surface area contributed by atoms with Crippen LogP contribution in [0.1, 0.15) is 45.0 Å². The molecule has 0 saturated carbocycles. The van der Waals surface area contributed by atoms with Gasteiger partial charge in [-0.2, -0.15) is 14.0 Å². The molecule has 0 amide bonds. The van der Waals surface area contributed by atoms with Gasteiger partial charge in [0.15, 0.2) is 0 Å². The van der Waals surface area contributed by atoms with Crippen LogP contribution in [-0.2, 0) is 12.5 Å². The van der Waals surface area contributed by atoms with Crippen LogP contribution in [0.3, 0.4) is 0 Å². The fourth-order valence-corrected chi connectivity index (χ4v) is 4.05. The number of hydrogen-bond donors (Lipinski definition) is 2. The summed E-state index contributed by atoms with van der Waals surface area (Å²) in [7, 11) is 0. The third kappa shape index (κ3) is 6.82. The molecule has 0 radical (unpaired) electrons. The maximum absolute atomic E-state index is 15.5. The molecule has 196 valence electrons. The average Bonchev–Trinajstić information content (AvgIpc) is 2.95. The number of ether oxygens (including phenoxy) is 1. The second kappa shape index (κ2) is 12.3. The number of rotatable bonds is 8. The topological polar surface area (TPSA) is 84.0 Å². The summed E-state index contributed by atoms with van der Waals surface area (Å²) in [5, 5.41) is 8.87. The molecular formula is C31H25F3N4O. The Balaban J connectivity index is 1.43. The number of nitrogens with zero attached hydrogens (tertiary/aromatic N) is 2. The summed E-state index contributed by atoms with van der Waals surface area (Å²) in [5.41, 5.74) is 5.30. The number of aryl methyl sites for hydroxylation is 1. The Morgan fingerprint density at radius 1 is 0.949 bits per heavy atom. The molecule has 0 saturated heterocycles. The minimum Gasteiger partial charge on any atom is -0.489 e. The molecule has 1 unspecified atom stereocenters. The van der Waals surface area contributed by atoms with E-state index in [1.54, 1.807) is 43.3 Å². The van der Waals surface area contributed by atoms with Crippen LogP contribution in [0.25, 0.3) is 0 Å². The predicted octanol–water partition coefficient (Wildman–Crippen LogP) is 5.72. The van der Waals surface area contributed by atoms with Crippen molar-refractivity contribution in [2.45, 2.75) is 25.4 Å². The minimum absolute atomic E-state index is 0.226. The number of aromatic nitrogens is 1. The maximum atomic E-state index is 15.5. The third-order valence-electron chi connectivity index (χ3n) is 6.17. The summed E-state index contributed by atoms with van der Waals surface area (Å²) in [6.07, 6.45) is 1.30. The summed E-state index contributed by atoms with van der Waals surface area (Å²) in [6.45, 7) is 1.72. The highest BCUT2D eigenvalue weighted by Crippen LogP contribution is 2.42. The Morgan fingerprint density at radius 3 is 2.23 bits per heavy atom. The molecule has 1 atom stereocenters. The van der Waals surface area contributed by atoms with E-state index in [4.69, 9.17) is 15.8 Å². The highest BCUT2D eigenvalue weighted by Gasteiger charge is 2.44. The van der Waals surface area contributed by atoms with E-state index in [2.05, 4.69) is 28.3 Å². The zero-order valence-corrected chi connectivity index (χ0v) is 21.1. The molecule has 1 heterocycles. The van der Waals surface area contributed by atoms with E-state index < -0.39 is 23.4 Å². The van der Waals surface area contributed by atoms with Crippen molar-refractivity contribution in [1.82, 2.24) is 10.4 Å². The summed E-state index contributed by atoms with van der Waals surface area (Å²) < 4.78 is 50.3. The van der Waals surface area contributed by atoms with E-state index in [0.717, 1.165) is 17.2 Å². The molecule has 0 aliphatic rings. The van der Waals surface area contributed by atoms with Gasteiger partial charge >= 0.3 is 0 Å². The van der Waals surface area contributed by atoms with Crippen LogP contribution in [0.15, 0.2) is 85.1 Å². The first-order valence-electron chi connectivity index (χ1n) is 12.1. The van der Waals surface area contributed by atoms with Gasteiger partial charge < -0.3 is 4.74 Å². The van der Waals surface area contributed by atoms with Gasteiger partial charge in [0.25, 0.3) is 5.92 Å². The molecule has 0 aliphatic carbocycles. The smallest absolute Gasteiger partial charge is 0.297 e. The van der Waals surface area contributed by atoms with Crippen molar-refractivity contribution in [3.05, 3.63) is 130 Å². The molecule has 3 aromatic carbocycles. The predicted molar refractivity (Wildman–Crippen MR) is 142 cm³/mol. The molecule has 1 aromatic heterocycles. The molecule has 39 heavy (non-hydrogen) atoms. The van der Waals surface area contributed by atoms with E-state index in [9.17, 15) is 4.39 Å². The lowest BCUT2D eigenvalue weighted by Crippen LogP contribution is -2.37. The first-order chi connectivity index (χ1) is 18.8. The van der Waals surface area contributed by atoms with E-state index in [0.29, 0.717) is 29.0 Å². The van der Waals surface area contributed by atoms with Crippen molar-refractivity contribution in [1.29, 1.82) is 5.26 Å². The lowest BCUT2D eigenvalue weighted by molar-refractivity contribution is -0.0381. The number of halogens is 3. The van der Waals surface area contributed by atoms with Crippen LogP contribution < -0.4 is 16.0 Å². The molecule has 3 N–H and O–H groups in total. The molecule has 0 aliphatic heterocycles. The van der Waals surface area contributed by atoms with Crippen molar-refractivity contribution >= 4 is 0 Å². The molecule has 0 spiro atoms. The Labute approximate surface area is 225 Å². The van der Waals surface area contributed by atoms with Crippen molar-refractivity contribution in [3.63, 3.8) is 0 Å². The fourth-order valence-electron chi connectivity index (χ4n) is 4.05. The molecule has 4 rings (SSSR count). The highest BCUT2D eigenvalue weighted by molar-refractivity contribution is 5.44. The molecular weight excluding hydrogens is 501 g/mol. The summed E-state index contributed by atoms with van der Waals surface area (Å²) in [6, 6.07) is 22.9. The van der Waals surface area contributed by atoms with Gasteiger partial charge in [0, 0.05) is 23.9 Å². The van der Waals surface area contributed by atoms with Gasteiger partial charge in [-0.3, -0.25) is 16.3 Å². The second-order valence-corrected chi connectivity index (χ2v) is 8.89. The van der Waals surface area contributed by atoms with Gasteiger partial charge in [-0.05, 0) is 84.3 Å². The van der Waals surface area contributed by atoms with Crippen LogP contribution in [0.5, 0.6) is 5.75 Å². The second-order valence-electron chi connectivity index (χ2n) is 8.89. The van der Waals surface area contributed by atoms with Gasteiger partial charge in [0.2, 0.25) is 0 Å². The zero-order valence-electron chi connectivity index (χ0n) is 21.1. The van der Waals surface area contributed by atoms with Crippen molar-refractivity contribution in [3.8, 4) is 23.7 Å². The normalized spacial score (nSPS) is 11.7. The first kappa shape index (κ1) is 27.4. The zero-order chi connectivity index (χ0) is 27.8. The number of nitrogens with two attached hydrogens (primary N) is 1. The van der Waals surface area contributed by atoms with E-state index in [-0.39, 0.29) is 12.1 Å². The lowest BCUT2D eigenvalue weighted by Gasteiger charge is -2.28. The average molecular weight is 527 g/mol. The molecule has 0 bridgehead atoms. The standard InChI is InChI=1S/C31H25F3N4O/c1-21-16-26(32)11-14-28(21)29(19-38-36)31(33,34)30-15-10-24(18-37-30)5-2-22-8-12-27(13-9-22)39-20-25-6-3-23(17-35)4-7-25/h3-4,6-16,18,29,38H,19-20,36H2,1H3. The fraction of sp³-hybridized carbons (Fsp3) is 0.161. The molecule has 8 heteroatoms. The number of hydrogen-bond acceptors (Lipinski definition) is 5. The number of alkyl halides is 2. The molecule has 4 aromatic rings. The van der Waals surface area contributed by atoms with Gasteiger partial charge in [-0.25, -0.2) is 4.39 Å². The Hall–Kier alpha value is -4.63. The monoisotopic (exact) mass is 526 g/mol. The Morgan fingerprint density at radius 2 is 1.62 bits per heavy atom. The van der Waals surface area contributed by atoms with Crippen molar-refractivity contribution in [2.24, 2.45) is 5.84 Å². The van der Waals surface area contributed by atoms with E-state index >= 15 is 8.78 Å². The summed E-state index contributed by atoms with van der Waals surface area (Å²) in [4.78, 5) is 3.98. The Bertz CT molecular complexity index is 1520.